The summed E-state index contributed by atoms with van der Waals surface area (Å²) in [5, 5.41) is 11.9. The number of carbonyl (C=O) groups is 1. The summed E-state index contributed by atoms with van der Waals surface area (Å²) in [6.07, 6.45) is 3.04. The molecule has 26 heavy (non-hydrogen) atoms. The molecule has 2 heterocycles. The highest BCUT2D eigenvalue weighted by molar-refractivity contribution is 9.10. The van der Waals surface area contributed by atoms with E-state index in [9.17, 15) is 9.18 Å². The fraction of sp³-hybridized carbons (Fsp3) is 0.176. The molecule has 0 spiro atoms. The van der Waals surface area contributed by atoms with Crippen molar-refractivity contribution in [2.45, 2.75) is 6.92 Å². The van der Waals surface area contributed by atoms with E-state index in [1.54, 1.807) is 31.2 Å². The molecule has 0 saturated heterocycles. The Kier molecular flexibility index (Phi) is 5.57. The molecule has 3 rings (SSSR count). The van der Waals surface area contributed by atoms with E-state index in [0.717, 1.165) is 0 Å². The van der Waals surface area contributed by atoms with Gasteiger partial charge in [-0.3, -0.25) is 0 Å². The van der Waals surface area contributed by atoms with Gasteiger partial charge in [-0.15, -0.1) is 5.10 Å². The van der Waals surface area contributed by atoms with Crippen molar-refractivity contribution in [1.29, 1.82) is 0 Å². The van der Waals surface area contributed by atoms with Crippen LogP contribution in [0.5, 0.6) is 5.88 Å². The highest BCUT2D eigenvalue weighted by Gasteiger charge is 2.22. The average molecular weight is 421 g/mol. The van der Waals surface area contributed by atoms with E-state index in [1.165, 1.54) is 23.1 Å². The summed E-state index contributed by atoms with van der Waals surface area (Å²) < 4.78 is 26.4. The number of para-hydroxylation sites is 1. The van der Waals surface area contributed by atoms with Crippen molar-refractivity contribution in [1.82, 2.24) is 20.0 Å². The number of hydrogen-bond donors (Lipinski definition) is 0. The maximum atomic E-state index is 14.3. The molecule has 9 heteroatoms. The number of carbonyl (C=O) groups excluding carboxylic acids is 1. The molecule has 0 aliphatic heterocycles. The molecular weight excluding hydrogens is 407 g/mol. The summed E-state index contributed by atoms with van der Waals surface area (Å²) in [6, 6.07) is 7.91. The predicted molar refractivity (Wildman–Crippen MR) is 94.4 cm³/mol. The van der Waals surface area contributed by atoms with Gasteiger partial charge in [0, 0.05) is 5.56 Å². The van der Waals surface area contributed by atoms with Crippen LogP contribution >= 0.6 is 15.9 Å². The molecular formula is C17H14BrFN4O3. The highest BCUT2D eigenvalue weighted by atomic mass is 79.9. The Balaban J connectivity index is 2.06. The maximum Gasteiger partial charge on any atom is 0.344 e. The van der Waals surface area contributed by atoms with E-state index in [-0.39, 0.29) is 24.8 Å². The number of esters is 1. The first-order valence-electron chi connectivity index (χ1n) is 7.70. The van der Waals surface area contributed by atoms with Crippen LogP contribution in [0.25, 0.3) is 16.9 Å². The molecule has 0 aliphatic rings. The first kappa shape index (κ1) is 18.0. The number of aromatic nitrogens is 4. The lowest BCUT2D eigenvalue weighted by atomic mass is 10.2. The topological polar surface area (TPSA) is 79.1 Å². The molecule has 0 radical (unpaired) electrons. The molecule has 0 bridgehead atoms. The third-order valence-electron chi connectivity index (χ3n) is 3.37. The van der Waals surface area contributed by atoms with Crippen molar-refractivity contribution in [3.63, 3.8) is 0 Å². The monoisotopic (exact) mass is 420 g/mol. The van der Waals surface area contributed by atoms with Crippen LogP contribution < -0.4 is 4.74 Å². The largest absolute Gasteiger partial charge is 0.464 e. The molecule has 7 nitrogen and oxygen atoms in total. The lowest BCUT2D eigenvalue weighted by Crippen LogP contribution is -2.15. The van der Waals surface area contributed by atoms with Crippen LogP contribution in [0, 0.1) is 5.82 Å². The number of nitrogens with zero attached hydrogens (tertiary/aromatic N) is 4. The van der Waals surface area contributed by atoms with Crippen molar-refractivity contribution in [3.05, 3.63) is 53.0 Å². The summed E-state index contributed by atoms with van der Waals surface area (Å²) >= 11 is 3.42. The first-order chi connectivity index (χ1) is 12.6. The van der Waals surface area contributed by atoms with Gasteiger partial charge in [-0.1, -0.05) is 12.1 Å². The Morgan fingerprint density at radius 2 is 2.08 bits per heavy atom. The van der Waals surface area contributed by atoms with E-state index in [0.29, 0.717) is 15.7 Å². The summed E-state index contributed by atoms with van der Waals surface area (Å²) in [7, 11) is 0. The summed E-state index contributed by atoms with van der Waals surface area (Å²) in [5.41, 5.74) is 1.39. The molecule has 0 atom stereocenters. The van der Waals surface area contributed by atoms with Gasteiger partial charge >= 0.3 is 5.97 Å². The van der Waals surface area contributed by atoms with Gasteiger partial charge in [0.25, 0.3) is 0 Å². The molecule has 0 N–H and O–H groups in total. The molecule has 1 aromatic carbocycles. The van der Waals surface area contributed by atoms with Crippen LogP contribution in [0.15, 0.2) is 47.2 Å². The number of benzene rings is 1. The first-order valence-corrected chi connectivity index (χ1v) is 8.50. The minimum absolute atomic E-state index is 0.133. The Morgan fingerprint density at radius 1 is 1.27 bits per heavy atom. The number of halogens is 2. The fourth-order valence-corrected chi connectivity index (χ4v) is 2.87. The zero-order valence-corrected chi connectivity index (χ0v) is 15.3. The molecule has 3 aromatic rings. The van der Waals surface area contributed by atoms with Crippen LogP contribution in [0.3, 0.4) is 0 Å². The molecule has 2 aromatic heterocycles. The van der Waals surface area contributed by atoms with E-state index >= 15 is 0 Å². The summed E-state index contributed by atoms with van der Waals surface area (Å²) in [6.45, 7) is 1.64. The minimum Gasteiger partial charge on any atom is -0.464 e. The highest BCUT2D eigenvalue weighted by Crippen LogP contribution is 2.37. The lowest BCUT2D eigenvalue weighted by Gasteiger charge is -2.08. The van der Waals surface area contributed by atoms with Crippen LogP contribution in [0.4, 0.5) is 4.39 Å². The van der Waals surface area contributed by atoms with Gasteiger partial charge in [0.05, 0.1) is 24.7 Å². The van der Waals surface area contributed by atoms with Crippen molar-refractivity contribution in [2.75, 3.05) is 13.2 Å². The molecule has 0 unspecified atom stereocenters. The Bertz CT molecular complexity index is 918. The van der Waals surface area contributed by atoms with Gasteiger partial charge < -0.3 is 9.47 Å². The molecule has 0 saturated carbocycles. The molecule has 0 aliphatic carbocycles. The van der Waals surface area contributed by atoms with Crippen molar-refractivity contribution in [3.8, 4) is 22.8 Å². The minimum atomic E-state index is -0.521. The zero-order chi connectivity index (χ0) is 18.5. The molecule has 0 fully saturated rings. The van der Waals surface area contributed by atoms with Crippen LogP contribution in [0.2, 0.25) is 0 Å². The van der Waals surface area contributed by atoms with Gasteiger partial charge in [0.15, 0.2) is 6.61 Å². The lowest BCUT2D eigenvalue weighted by molar-refractivity contribution is -0.145. The number of ether oxygens (including phenoxy) is 2. The van der Waals surface area contributed by atoms with Crippen molar-refractivity contribution >= 4 is 21.9 Å². The third kappa shape index (κ3) is 3.72. The summed E-state index contributed by atoms with van der Waals surface area (Å²) in [4.78, 5) is 11.5. The Hall–Kier alpha value is -2.81. The fourth-order valence-electron chi connectivity index (χ4n) is 2.28. The SMILES string of the molecule is CCOC(=O)COc1nn(-c2ccccc2F)c(-c2ccnnc2)c1Br. The number of rotatable bonds is 6. The van der Waals surface area contributed by atoms with Gasteiger partial charge in [-0.05, 0) is 41.1 Å². The Morgan fingerprint density at radius 3 is 2.77 bits per heavy atom. The quantitative estimate of drug-likeness (QED) is 0.569. The third-order valence-corrected chi connectivity index (χ3v) is 4.08. The summed E-state index contributed by atoms with van der Waals surface area (Å²) in [5.74, 6) is -0.845. The van der Waals surface area contributed by atoms with Gasteiger partial charge in [-0.25, -0.2) is 13.9 Å². The van der Waals surface area contributed by atoms with Gasteiger partial charge in [0.2, 0.25) is 5.88 Å². The smallest absolute Gasteiger partial charge is 0.344 e. The zero-order valence-electron chi connectivity index (χ0n) is 13.7. The van der Waals surface area contributed by atoms with E-state index in [1.807, 2.05) is 0 Å². The van der Waals surface area contributed by atoms with Crippen LogP contribution in [-0.2, 0) is 9.53 Å². The average Bonchev–Trinajstić information content (AvgIpc) is 2.97. The number of hydrogen-bond acceptors (Lipinski definition) is 6. The van der Waals surface area contributed by atoms with Crippen molar-refractivity contribution < 1.29 is 18.7 Å². The van der Waals surface area contributed by atoms with Gasteiger partial charge in [0.1, 0.15) is 16.0 Å². The normalized spacial score (nSPS) is 10.6. The predicted octanol–water partition coefficient (Wildman–Crippen LogP) is 3.17. The maximum absolute atomic E-state index is 14.3. The second kappa shape index (κ2) is 8.05. The second-order valence-electron chi connectivity index (χ2n) is 5.06. The van der Waals surface area contributed by atoms with E-state index in [2.05, 4.69) is 31.2 Å². The van der Waals surface area contributed by atoms with Crippen molar-refractivity contribution in [2.24, 2.45) is 0 Å². The van der Waals surface area contributed by atoms with E-state index in [4.69, 9.17) is 9.47 Å². The van der Waals surface area contributed by atoms with Gasteiger partial charge in [-0.2, -0.15) is 10.2 Å². The standard InChI is InChI=1S/C17H14BrFN4O3/c1-2-25-14(24)10-26-17-15(18)16(11-7-8-20-21-9-11)23(22-17)13-6-4-3-5-12(13)19/h3-9H,2,10H2,1H3. The van der Waals surface area contributed by atoms with E-state index < -0.39 is 11.8 Å². The Labute approximate surface area is 156 Å². The molecule has 134 valence electrons. The molecule has 0 amide bonds. The van der Waals surface area contributed by atoms with Crippen LogP contribution in [0.1, 0.15) is 6.92 Å². The van der Waals surface area contributed by atoms with Crippen LogP contribution in [-0.4, -0.2) is 39.2 Å². The second-order valence-corrected chi connectivity index (χ2v) is 5.85.